The smallest absolute Gasteiger partial charge is 0.161 e. The Kier molecular flexibility index (Phi) is 18.1. The fourth-order valence-electron chi connectivity index (χ4n) is 18.4. The van der Waals surface area contributed by atoms with E-state index in [1.165, 1.54) is 37.7 Å². The molecule has 10 heteroatoms. The number of rotatable bonds is 10. The zero-order valence-corrected chi connectivity index (χ0v) is 72.3. The Morgan fingerprint density at radius 3 is 1.04 bits per heavy atom. The maximum atomic E-state index is 8.48. The molecule has 0 radical (unpaired) electrons. The van der Waals surface area contributed by atoms with Crippen LogP contribution in [0.1, 0.15) is 13.7 Å². The SMILES string of the molecule is [2H]c1c([2H])c([2H])c(-c2nc(-c3c([2H])c([2H])c([2H])c([2H])c3[2H])c3ccc4ccccc4c3n2)c([2H])c1[2H].c1ccc(-c2ccc(-c3nc(-c4cccc5ccccc45)nc4c3ccc3ccccc34)cc2)nc1.c1ccc(-c2nc(-c3ccc(-c4cccc5oc6ccccc6c45)cc3)nc3c2ccc2ccccc23)cc1.c1ccc2cc(-c3nc(-c4cccc5ccccc45)nc4c3ccc3ccccc34)ccc2c1. The highest BCUT2D eigenvalue weighted by Gasteiger charge is 2.22. The molecule has 27 rings (SSSR count). The molecule has 0 N–H and O–H groups in total. The summed E-state index contributed by atoms with van der Waals surface area (Å²) in [6, 6.07) is 136. The zero-order chi connectivity index (χ0) is 98.2. The van der Waals surface area contributed by atoms with Gasteiger partial charge in [-0.1, -0.05) is 418 Å². The summed E-state index contributed by atoms with van der Waals surface area (Å²) >= 11 is 0. The predicted octanol–water partition coefficient (Wildman–Crippen LogP) is 32.6. The van der Waals surface area contributed by atoms with Gasteiger partial charge in [-0.2, -0.15) is 0 Å². The number of pyridine rings is 1. The fraction of sp³-hybridized carbons (Fsp3) is 0. The van der Waals surface area contributed by atoms with Crippen molar-refractivity contribution in [1.29, 1.82) is 0 Å². The van der Waals surface area contributed by atoms with E-state index in [1.807, 2.05) is 60.8 Å². The van der Waals surface area contributed by atoms with Gasteiger partial charge >= 0.3 is 0 Å². The van der Waals surface area contributed by atoms with E-state index in [1.54, 1.807) is 24.3 Å². The van der Waals surface area contributed by atoms with E-state index in [0.717, 1.165) is 177 Å². The Morgan fingerprint density at radius 1 is 0.185 bits per heavy atom. The topological polar surface area (TPSA) is 129 Å². The largest absolute Gasteiger partial charge is 0.456 e. The minimum Gasteiger partial charge on any atom is -0.456 e. The number of aromatic nitrogens is 9. The van der Waals surface area contributed by atoms with Gasteiger partial charge in [0.05, 0.1) is 64.2 Å². The lowest BCUT2D eigenvalue weighted by molar-refractivity contribution is 0.669. The van der Waals surface area contributed by atoms with E-state index in [-0.39, 0.29) is 22.6 Å². The molecule has 630 valence electrons. The summed E-state index contributed by atoms with van der Waals surface area (Å²) in [6.45, 7) is 0. The van der Waals surface area contributed by atoms with Crippen LogP contribution >= 0.6 is 0 Å². The van der Waals surface area contributed by atoms with Gasteiger partial charge in [-0.05, 0) is 120 Å². The van der Waals surface area contributed by atoms with E-state index >= 15 is 0 Å². The van der Waals surface area contributed by atoms with E-state index in [4.69, 9.17) is 48.0 Å². The summed E-state index contributed by atoms with van der Waals surface area (Å²) in [4.78, 5) is 44.5. The number of benzene rings is 21. The summed E-state index contributed by atoms with van der Waals surface area (Å²) < 4.78 is 88.0. The second-order valence-electron chi connectivity index (χ2n) is 32.9. The highest BCUT2D eigenvalue weighted by molar-refractivity contribution is 6.16. The Bertz CT molecular complexity index is 9870. The van der Waals surface area contributed by atoms with E-state index < -0.39 is 60.4 Å². The minimum atomic E-state index is -0.564. The molecule has 135 heavy (non-hydrogen) atoms. The van der Waals surface area contributed by atoms with Crippen LogP contribution in [0, 0.1) is 0 Å². The molecule has 6 heterocycles. The van der Waals surface area contributed by atoms with Gasteiger partial charge in [0.1, 0.15) is 11.2 Å². The molecule has 21 aromatic carbocycles. The Hall–Kier alpha value is -18.3. The van der Waals surface area contributed by atoms with Crippen molar-refractivity contribution < 1.29 is 18.1 Å². The molecular formula is C125H79N9O. The molecule has 0 spiro atoms. The Morgan fingerprint density at radius 2 is 0.526 bits per heavy atom. The fourth-order valence-corrected chi connectivity index (χ4v) is 18.4. The molecule has 0 fully saturated rings. The van der Waals surface area contributed by atoms with Crippen LogP contribution in [0.25, 0.3) is 254 Å². The van der Waals surface area contributed by atoms with Crippen LogP contribution in [-0.4, -0.2) is 44.9 Å². The number of furan rings is 1. The monoisotopic (exact) mass is 1730 g/mol. The average Bonchev–Trinajstić information content (AvgIpc) is 1.05. The van der Waals surface area contributed by atoms with E-state index in [2.05, 4.69) is 349 Å². The third kappa shape index (κ3) is 15.3. The predicted molar refractivity (Wildman–Crippen MR) is 560 cm³/mol. The van der Waals surface area contributed by atoms with Gasteiger partial charge < -0.3 is 4.42 Å². The molecule has 0 aliphatic heterocycles. The maximum Gasteiger partial charge on any atom is 0.161 e. The van der Waals surface area contributed by atoms with Gasteiger partial charge in [0.25, 0.3) is 0 Å². The summed E-state index contributed by atoms with van der Waals surface area (Å²) in [5, 5.41) is 21.3. The van der Waals surface area contributed by atoms with Gasteiger partial charge in [0, 0.05) is 110 Å². The molecule has 0 unspecified atom stereocenters. The quantitative estimate of drug-likeness (QED) is 0.122. The zero-order valence-electron chi connectivity index (χ0n) is 82.3. The van der Waals surface area contributed by atoms with Crippen molar-refractivity contribution in [3.63, 3.8) is 0 Å². The van der Waals surface area contributed by atoms with Gasteiger partial charge in [0.15, 0.2) is 23.3 Å². The van der Waals surface area contributed by atoms with Crippen molar-refractivity contribution in [3.8, 4) is 113 Å². The molecule has 0 saturated heterocycles. The number of fused-ring (bicyclic) bond motifs is 18. The van der Waals surface area contributed by atoms with Crippen LogP contribution in [0.2, 0.25) is 0 Å². The standard InChI is InChI=1S/C36H22N2O.C33H21N3.C32H20N2.C24H16N2/c1-2-10-25(11-3-1)34-30-22-21-23-9-4-5-12-28(23)35(30)38-36(37-34)26-19-17-24(18-20-26)27-14-8-16-32-33(27)29-13-6-7-15-31(29)39-32;1-3-11-26-22(8-1)10-7-13-28(26)33-35-31(25-17-15-24(16-18-25)30-14-5-6-21-34-30)29-20-19-23-9-2-4-12-27(23)32(29)36-33;1-2-11-24-20-25(17-16-21(24)8-1)30-29-19-18-23-10-4-6-14-27(23)31(29)34-32(33-30)28-15-7-12-22-9-3-5-13-26(22)28;1-3-10-18(11-4-1)22-21-16-15-17-9-7-8-14-20(17)23(21)26-24(25-22)19-12-5-2-6-13-19/h1-22H;1-21H;1-20H;1-16H/i;;;1D,2D,3D,4D,5D,6D,10D,11D,12D,13D. The molecular weight excluding hydrogens is 1640 g/mol. The summed E-state index contributed by atoms with van der Waals surface area (Å²) in [5.41, 5.74) is 18.1. The van der Waals surface area contributed by atoms with Crippen molar-refractivity contribution >= 4 is 141 Å². The Labute approximate surface area is 791 Å². The van der Waals surface area contributed by atoms with Gasteiger partial charge in [-0.15, -0.1) is 0 Å². The first kappa shape index (κ1) is 69.8. The highest BCUT2D eigenvalue weighted by Crippen LogP contribution is 2.43. The first-order valence-corrected chi connectivity index (χ1v) is 44.5. The van der Waals surface area contributed by atoms with Crippen LogP contribution in [0.15, 0.2) is 484 Å². The minimum absolute atomic E-state index is 0.00423. The van der Waals surface area contributed by atoms with Crippen molar-refractivity contribution in [3.05, 3.63) is 479 Å². The first-order valence-electron chi connectivity index (χ1n) is 49.5. The molecule has 0 atom stereocenters. The van der Waals surface area contributed by atoms with Crippen LogP contribution < -0.4 is 0 Å². The molecule has 10 nitrogen and oxygen atoms in total. The molecule has 27 aromatic rings. The lowest BCUT2D eigenvalue weighted by atomic mass is 9.98. The normalized spacial score (nSPS) is 12.4. The van der Waals surface area contributed by atoms with Crippen molar-refractivity contribution in [2.45, 2.75) is 0 Å². The van der Waals surface area contributed by atoms with Crippen LogP contribution in [-0.2, 0) is 0 Å². The average molecular weight is 1730 g/mol. The van der Waals surface area contributed by atoms with Crippen LogP contribution in [0.4, 0.5) is 0 Å². The second kappa shape index (κ2) is 35.0. The van der Waals surface area contributed by atoms with Crippen molar-refractivity contribution in [2.75, 3.05) is 0 Å². The van der Waals surface area contributed by atoms with Crippen molar-refractivity contribution in [1.82, 2.24) is 44.9 Å². The third-order valence-corrected chi connectivity index (χ3v) is 24.9. The molecule has 0 aliphatic carbocycles. The van der Waals surface area contributed by atoms with Crippen LogP contribution in [0.3, 0.4) is 0 Å². The van der Waals surface area contributed by atoms with E-state index in [9.17, 15) is 0 Å². The highest BCUT2D eigenvalue weighted by atomic mass is 16.3. The molecule has 0 bridgehead atoms. The van der Waals surface area contributed by atoms with Gasteiger partial charge in [-0.25, -0.2) is 39.9 Å². The number of nitrogens with zero attached hydrogens (tertiary/aromatic N) is 9. The van der Waals surface area contributed by atoms with E-state index in [0.29, 0.717) is 16.3 Å². The molecule has 0 saturated carbocycles. The van der Waals surface area contributed by atoms with Gasteiger partial charge in [0.2, 0.25) is 0 Å². The number of hydrogen-bond donors (Lipinski definition) is 0. The van der Waals surface area contributed by atoms with Crippen molar-refractivity contribution in [2.24, 2.45) is 0 Å². The summed E-state index contributed by atoms with van der Waals surface area (Å²) in [7, 11) is 0. The second-order valence-corrected chi connectivity index (χ2v) is 32.9. The number of para-hydroxylation sites is 1. The molecule has 0 amide bonds. The van der Waals surface area contributed by atoms with Crippen LogP contribution in [0.5, 0.6) is 0 Å². The molecule has 6 aromatic heterocycles. The maximum absolute atomic E-state index is 8.48. The first-order chi connectivity index (χ1) is 71.1. The Balaban J connectivity index is 0.000000104. The lowest BCUT2D eigenvalue weighted by Crippen LogP contribution is -1.97. The summed E-state index contributed by atoms with van der Waals surface area (Å²) in [6.07, 6.45) is 1.82. The number of hydrogen-bond acceptors (Lipinski definition) is 10. The summed E-state index contributed by atoms with van der Waals surface area (Å²) in [5.74, 6) is 2.00. The molecule has 0 aliphatic rings. The lowest BCUT2D eigenvalue weighted by Gasteiger charge is -2.13. The third-order valence-electron chi connectivity index (χ3n) is 24.9. The van der Waals surface area contributed by atoms with Gasteiger partial charge in [-0.3, -0.25) is 4.98 Å².